The number of hydrogen-bond donors (Lipinski definition) is 1. The van der Waals surface area contributed by atoms with Gasteiger partial charge in [0.05, 0.1) is 30.8 Å². The third-order valence-corrected chi connectivity index (χ3v) is 4.99. The summed E-state index contributed by atoms with van der Waals surface area (Å²) in [4.78, 5) is 18.8. The third-order valence-electron chi connectivity index (χ3n) is 4.99. The van der Waals surface area contributed by atoms with Crippen LogP contribution in [0.2, 0.25) is 0 Å². The second-order valence-corrected chi connectivity index (χ2v) is 6.74. The molecule has 132 valence electrons. The van der Waals surface area contributed by atoms with Crippen LogP contribution in [-0.2, 0) is 24.8 Å². The number of nitrogens with zero attached hydrogens (tertiary/aromatic N) is 4. The average molecular weight is 341 g/mol. The first-order valence-corrected chi connectivity index (χ1v) is 8.80. The highest BCUT2D eigenvalue weighted by atomic mass is 16.5. The van der Waals surface area contributed by atoms with E-state index >= 15 is 0 Å². The fourth-order valence-corrected chi connectivity index (χ4v) is 3.54. The maximum absolute atomic E-state index is 12.5. The van der Waals surface area contributed by atoms with Gasteiger partial charge in [0.1, 0.15) is 0 Å². The molecule has 1 saturated heterocycles. The van der Waals surface area contributed by atoms with E-state index in [0.717, 1.165) is 61.6 Å². The van der Waals surface area contributed by atoms with Gasteiger partial charge in [-0.25, -0.2) is 4.79 Å². The summed E-state index contributed by atoms with van der Waals surface area (Å²) in [6, 6.07) is 3.99. The molecule has 2 aliphatic rings. The number of anilines is 1. The van der Waals surface area contributed by atoms with Crippen molar-refractivity contribution in [3.8, 4) is 0 Å². The van der Waals surface area contributed by atoms with Crippen LogP contribution in [0.25, 0.3) is 0 Å². The molecule has 1 N–H and O–H groups in total. The smallest absolute Gasteiger partial charge is 0.321 e. The Labute approximate surface area is 147 Å². The topological polar surface area (TPSA) is 72.3 Å². The summed E-state index contributed by atoms with van der Waals surface area (Å²) in [5.41, 5.74) is 4.00. The summed E-state index contributed by atoms with van der Waals surface area (Å²) in [7, 11) is 1.93. The van der Waals surface area contributed by atoms with Gasteiger partial charge in [0.2, 0.25) is 0 Å². The Hall–Kier alpha value is -2.41. The van der Waals surface area contributed by atoms with E-state index in [1.54, 1.807) is 6.20 Å². The number of nitrogens with one attached hydrogen (secondary N) is 1. The molecule has 0 atom stereocenters. The molecular weight excluding hydrogens is 318 g/mol. The van der Waals surface area contributed by atoms with Gasteiger partial charge in [0.15, 0.2) is 0 Å². The molecule has 25 heavy (non-hydrogen) atoms. The normalized spacial score (nSPS) is 18.0. The van der Waals surface area contributed by atoms with Crippen molar-refractivity contribution in [2.75, 3.05) is 25.0 Å². The number of hydrogen-bond acceptors (Lipinski definition) is 4. The highest BCUT2D eigenvalue weighted by Gasteiger charge is 2.25. The lowest BCUT2D eigenvalue weighted by Crippen LogP contribution is -2.40. The van der Waals surface area contributed by atoms with Gasteiger partial charge in [0, 0.05) is 49.9 Å². The summed E-state index contributed by atoms with van der Waals surface area (Å²) in [5.74, 6) is 0.438. The van der Waals surface area contributed by atoms with Crippen molar-refractivity contribution in [2.45, 2.75) is 31.8 Å². The van der Waals surface area contributed by atoms with E-state index in [1.807, 2.05) is 28.9 Å². The molecule has 2 aromatic heterocycles. The van der Waals surface area contributed by atoms with Gasteiger partial charge < -0.3 is 15.0 Å². The van der Waals surface area contributed by atoms with Crippen molar-refractivity contribution in [1.82, 2.24) is 19.7 Å². The van der Waals surface area contributed by atoms with Gasteiger partial charge in [0.25, 0.3) is 0 Å². The molecule has 2 amide bonds. The molecule has 2 aromatic rings. The number of ether oxygens (including phenoxy) is 1. The highest BCUT2D eigenvalue weighted by Crippen LogP contribution is 2.27. The highest BCUT2D eigenvalue weighted by molar-refractivity contribution is 5.89. The molecule has 2 aliphatic heterocycles. The SMILES string of the molecule is Cn1ccc(C2CCN(C(=O)Nc3cnc4c(c3)COCC4)CC2)n1. The van der Waals surface area contributed by atoms with Crippen molar-refractivity contribution in [3.05, 3.63) is 41.5 Å². The first kappa shape index (κ1) is 16.1. The number of rotatable bonds is 2. The van der Waals surface area contributed by atoms with Gasteiger partial charge in [-0.1, -0.05) is 0 Å². The predicted octanol–water partition coefficient (Wildman–Crippen LogP) is 2.30. The predicted molar refractivity (Wildman–Crippen MR) is 93.4 cm³/mol. The minimum atomic E-state index is -0.0575. The zero-order valence-electron chi connectivity index (χ0n) is 14.4. The van der Waals surface area contributed by atoms with Crippen molar-refractivity contribution < 1.29 is 9.53 Å². The van der Waals surface area contributed by atoms with E-state index in [4.69, 9.17) is 4.74 Å². The first-order valence-electron chi connectivity index (χ1n) is 8.80. The van der Waals surface area contributed by atoms with E-state index < -0.39 is 0 Å². The Morgan fingerprint density at radius 3 is 2.96 bits per heavy atom. The Balaban J connectivity index is 1.34. The Bertz CT molecular complexity index is 765. The number of aromatic nitrogens is 3. The standard InChI is InChI=1S/C18H23N5O2/c1-22-6-4-17(21-22)13-2-7-23(8-3-13)18(24)20-15-10-14-12-25-9-5-16(14)19-11-15/h4,6,10-11,13H,2-3,5,7-9,12H2,1H3,(H,20,24). The molecule has 7 nitrogen and oxygen atoms in total. The quantitative estimate of drug-likeness (QED) is 0.910. The second kappa shape index (κ2) is 6.84. The van der Waals surface area contributed by atoms with Crippen molar-refractivity contribution >= 4 is 11.7 Å². The van der Waals surface area contributed by atoms with Crippen LogP contribution in [0.15, 0.2) is 24.5 Å². The Kier molecular flexibility index (Phi) is 4.40. The molecule has 0 radical (unpaired) electrons. The summed E-state index contributed by atoms with van der Waals surface area (Å²) >= 11 is 0. The summed E-state index contributed by atoms with van der Waals surface area (Å²) in [6.07, 6.45) is 6.44. The maximum atomic E-state index is 12.5. The lowest BCUT2D eigenvalue weighted by molar-refractivity contribution is 0.109. The van der Waals surface area contributed by atoms with Crippen LogP contribution >= 0.6 is 0 Å². The molecule has 1 fully saturated rings. The summed E-state index contributed by atoms with van der Waals surface area (Å²) in [6.45, 7) is 2.78. The van der Waals surface area contributed by atoms with Crippen LogP contribution in [0, 0.1) is 0 Å². The zero-order chi connectivity index (χ0) is 17.2. The molecule has 0 unspecified atom stereocenters. The fraction of sp³-hybridized carbons (Fsp3) is 0.500. The minimum Gasteiger partial charge on any atom is -0.376 e. The molecule has 0 bridgehead atoms. The fourth-order valence-electron chi connectivity index (χ4n) is 3.54. The van der Waals surface area contributed by atoms with Crippen LogP contribution < -0.4 is 5.32 Å². The number of pyridine rings is 1. The van der Waals surface area contributed by atoms with E-state index in [-0.39, 0.29) is 6.03 Å². The van der Waals surface area contributed by atoms with E-state index in [2.05, 4.69) is 21.5 Å². The Morgan fingerprint density at radius 2 is 2.20 bits per heavy atom. The number of carbonyl (C=O) groups excluding carboxylic acids is 1. The molecular formula is C18H23N5O2. The zero-order valence-corrected chi connectivity index (χ0v) is 14.4. The Morgan fingerprint density at radius 1 is 1.36 bits per heavy atom. The second-order valence-electron chi connectivity index (χ2n) is 6.74. The number of piperidine rings is 1. The molecule has 4 rings (SSSR count). The van der Waals surface area contributed by atoms with E-state index in [9.17, 15) is 4.79 Å². The van der Waals surface area contributed by atoms with Crippen LogP contribution in [0.1, 0.15) is 35.7 Å². The van der Waals surface area contributed by atoms with Gasteiger partial charge in [-0.15, -0.1) is 0 Å². The van der Waals surface area contributed by atoms with Gasteiger partial charge in [-0.3, -0.25) is 9.67 Å². The first-order chi connectivity index (χ1) is 12.2. The van der Waals surface area contributed by atoms with Crippen molar-refractivity contribution in [2.24, 2.45) is 7.05 Å². The van der Waals surface area contributed by atoms with E-state index in [0.29, 0.717) is 12.5 Å². The van der Waals surface area contributed by atoms with Crippen LogP contribution in [0.4, 0.5) is 10.5 Å². The number of carbonyl (C=O) groups is 1. The largest absolute Gasteiger partial charge is 0.376 e. The molecule has 0 aliphatic carbocycles. The van der Waals surface area contributed by atoms with Crippen molar-refractivity contribution in [3.63, 3.8) is 0 Å². The third kappa shape index (κ3) is 3.51. The van der Waals surface area contributed by atoms with E-state index in [1.165, 1.54) is 0 Å². The number of aryl methyl sites for hydroxylation is 1. The maximum Gasteiger partial charge on any atom is 0.321 e. The van der Waals surface area contributed by atoms with Crippen LogP contribution in [0.3, 0.4) is 0 Å². The lowest BCUT2D eigenvalue weighted by Gasteiger charge is -2.31. The molecule has 7 heteroatoms. The molecule has 0 spiro atoms. The summed E-state index contributed by atoms with van der Waals surface area (Å²) < 4.78 is 7.29. The lowest BCUT2D eigenvalue weighted by atomic mass is 9.94. The monoisotopic (exact) mass is 341 g/mol. The van der Waals surface area contributed by atoms with Gasteiger partial charge in [-0.05, 0) is 25.0 Å². The molecule has 0 aromatic carbocycles. The van der Waals surface area contributed by atoms with Gasteiger partial charge in [-0.2, -0.15) is 5.10 Å². The molecule has 0 saturated carbocycles. The average Bonchev–Trinajstić information content (AvgIpc) is 3.08. The molecule has 4 heterocycles. The number of fused-ring (bicyclic) bond motifs is 1. The number of likely N-dealkylation sites (tertiary alicyclic amines) is 1. The summed E-state index contributed by atoms with van der Waals surface area (Å²) in [5, 5.41) is 7.46. The number of urea groups is 1. The number of amides is 2. The van der Waals surface area contributed by atoms with Gasteiger partial charge >= 0.3 is 6.03 Å². The van der Waals surface area contributed by atoms with Crippen LogP contribution in [-0.4, -0.2) is 45.4 Å². The minimum absolute atomic E-state index is 0.0575. The van der Waals surface area contributed by atoms with Crippen LogP contribution in [0.5, 0.6) is 0 Å². The van der Waals surface area contributed by atoms with Crippen molar-refractivity contribution in [1.29, 1.82) is 0 Å².